The summed E-state index contributed by atoms with van der Waals surface area (Å²) in [6, 6.07) is 0. The van der Waals surface area contributed by atoms with Crippen molar-refractivity contribution >= 4 is 15.9 Å². The third-order valence-electron chi connectivity index (χ3n) is 4.30. The first-order valence-corrected chi connectivity index (χ1v) is 7.92. The van der Waals surface area contributed by atoms with E-state index in [2.05, 4.69) is 41.6 Å². The van der Waals surface area contributed by atoms with Crippen LogP contribution >= 0.6 is 15.9 Å². The molecule has 2 aliphatic heterocycles. The second kappa shape index (κ2) is 5.58. The van der Waals surface area contributed by atoms with Crippen molar-refractivity contribution in [3.8, 4) is 0 Å². The average Bonchev–Trinajstić information content (AvgIpc) is 2.59. The van der Waals surface area contributed by atoms with Crippen molar-refractivity contribution in [3.05, 3.63) is 0 Å². The van der Waals surface area contributed by atoms with Gasteiger partial charge >= 0.3 is 0 Å². The number of nitrogens with zero attached hydrogens (tertiary/aromatic N) is 1. The molecule has 2 fully saturated rings. The van der Waals surface area contributed by atoms with E-state index in [4.69, 9.17) is 4.74 Å². The van der Waals surface area contributed by atoms with Gasteiger partial charge in [-0.05, 0) is 58.5 Å². The number of hydrogen-bond acceptors (Lipinski definition) is 2. The van der Waals surface area contributed by atoms with Crippen LogP contribution in [0.15, 0.2) is 0 Å². The molecule has 17 heavy (non-hydrogen) atoms. The van der Waals surface area contributed by atoms with Crippen LogP contribution in [0.5, 0.6) is 0 Å². The largest absolute Gasteiger partial charge is 0.371 e. The molecule has 0 saturated carbocycles. The molecule has 0 aliphatic carbocycles. The molecule has 0 N–H and O–H groups in total. The van der Waals surface area contributed by atoms with Gasteiger partial charge in [0.1, 0.15) is 0 Å². The Balaban J connectivity index is 1.72. The minimum Gasteiger partial charge on any atom is -0.371 e. The smallest absolute Gasteiger partial charge is 0.0710 e. The van der Waals surface area contributed by atoms with Gasteiger partial charge in [-0.15, -0.1) is 0 Å². The lowest BCUT2D eigenvalue weighted by molar-refractivity contribution is -0.0319. The van der Waals surface area contributed by atoms with Crippen LogP contribution in [-0.4, -0.2) is 41.1 Å². The highest BCUT2D eigenvalue weighted by molar-refractivity contribution is 9.09. The Morgan fingerprint density at radius 3 is 2.41 bits per heavy atom. The first kappa shape index (κ1) is 13.8. The molecule has 2 aliphatic rings. The normalized spacial score (nSPS) is 32.8. The van der Waals surface area contributed by atoms with E-state index < -0.39 is 0 Å². The van der Waals surface area contributed by atoms with Crippen LogP contribution in [0.25, 0.3) is 0 Å². The SMILES string of the molecule is CC(Br)C1CCN(CC2CCC(C)(C)O2)CC1. The van der Waals surface area contributed by atoms with Gasteiger partial charge in [-0.25, -0.2) is 0 Å². The molecule has 0 aromatic carbocycles. The number of piperidine rings is 1. The summed E-state index contributed by atoms with van der Waals surface area (Å²) in [6.45, 7) is 10.4. The van der Waals surface area contributed by atoms with Gasteiger partial charge < -0.3 is 9.64 Å². The first-order chi connectivity index (χ1) is 7.96. The number of hydrogen-bond donors (Lipinski definition) is 0. The maximum Gasteiger partial charge on any atom is 0.0710 e. The molecule has 0 amide bonds. The lowest BCUT2D eigenvalue weighted by atomic mass is 9.94. The van der Waals surface area contributed by atoms with Crippen molar-refractivity contribution in [1.82, 2.24) is 4.90 Å². The predicted molar refractivity (Wildman–Crippen MR) is 75.7 cm³/mol. The van der Waals surface area contributed by atoms with Crippen LogP contribution in [0, 0.1) is 5.92 Å². The fourth-order valence-corrected chi connectivity index (χ4v) is 3.62. The van der Waals surface area contributed by atoms with E-state index in [1.54, 1.807) is 0 Å². The highest BCUT2D eigenvalue weighted by Gasteiger charge is 2.33. The molecule has 2 atom stereocenters. The predicted octanol–water partition coefficient (Wildman–Crippen LogP) is 3.44. The van der Waals surface area contributed by atoms with Gasteiger partial charge in [-0.1, -0.05) is 22.9 Å². The van der Waals surface area contributed by atoms with Crippen molar-refractivity contribution < 1.29 is 4.74 Å². The zero-order chi connectivity index (χ0) is 12.5. The van der Waals surface area contributed by atoms with Gasteiger partial charge in [0.25, 0.3) is 0 Å². The Morgan fingerprint density at radius 2 is 1.94 bits per heavy atom. The Kier molecular flexibility index (Phi) is 4.54. The molecule has 2 unspecified atom stereocenters. The highest BCUT2D eigenvalue weighted by atomic mass is 79.9. The van der Waals surface area contributed by atoms with Crippen LogP contribution in [0.4, 0.5) is 0 Å². The first-order valence-electron chi connectivity index (χ1n) is 7.00. The molecule has 100 valence electrons. The molecule has 3 heteroatoms. The molecular formula is C14H26BrNO. The fraction of sp³-hybridized carbons (Fsp3) is 1.00. The zero-order valence-electron chi connectivity index (χ0n) is 11.4. The number of halogens is 1. The molecule has 2 saturated heterocycles. The molecule has 0 aromatic heterocycles. The molecule has 0 spiro atoms. The average molecular weight is 304 g/mol. The van der Waals surface area contributed by atoms with Crippen molar-refractivity contribution in [2.75, 3.05) is 19.6 Å². The van der Waals surface area contributed by atoms with Gasteiger partial charge in [0.2, 0.25) is 0 Å². The van der Waals surface area contributed by atoms with Gasteiger partial charge in [0.05, 0.1) is 11.7 Å². The zero-order valence-corrected chi connectivity index (χ0v) is 13.0. The van der Waals surface area contributed by atoms with Gasteiger partial charge in [0.15, 0.2) is 0 Å². The quantitative estimate of drug-likeness (QED) is 0.741. The summed E-state index contributed by atoms with van der Waals surface area (Å²) >= 11 is 3.72. The molecular weight excluding hydrogens is 278 g/mol. The van der Waals surface area contributed by atoms with Crippen LogP contribution < -0.4 is 0 Å². The Hall–Kier alpha value is 0.400. The third-order valence-corrected chi connectivity index (χ3v) is 5.05. The topological polar surface area (TPSA) is 12.5 Å². The number of alkyl halides is 1. The number of rotatable bonds is 3. The molecule has 0 aromatic rings. The monoisotopic (exact) mass is 303 g/mol. The second-order valence-corrected chi connectivity index (χ2v) is 7.80. The maximum absolute atomic E-state index is 6.07. The standard InChI is InChI=1S/C14H26BrNO/c1-11(15)12-5-8-16(9-6-12)10-13-4-7-14(2,3)17-13/h11-13H,4-10H2,1-3H3. The van der Waals surface area contributed by atoms with Crippen LogP contribution in [0.3, 0.4) is 0 Å². The summed E-state index contributed by atoms with van der Waals surface area (Å²) in [5.41, 5.74) is 0.118. The molecule has 0 bridgehead atoms. The summed E-state index contributed by atoms with van der Waals surface area (Å²) in [7, 11) is 0. The van der Waals surface area contributed by atoms with E-state index in [1.807, 2.05) is 0 Å². The minimum atomic E-state index is 0.118. The number of ether oxygens (including phenoxy) is 1. The molecule has 2 nitrogen and oxygen atoms in total. The number of likely N-dealkylation sites (tertiary alicyclic amines) is 1. The fourth-order valence-electron chi connectivity index (χ4n) is 3.09. The summed E-state index contributed by atoms with van der Waals surface area (Å²) in [5.74, 6) is 0.868. The van der Waals surface area contributed by atoms with Crippen molar-refractivity contribution in [2.24, 2.45) is 5.92 Å². The minimum absolute atomic E-state index is 0.118. The van der Waals surface area contributed by atoms with E-state index in [0.29, 0.717) is 10.9 Å². The van der Waals surface area contributed by atoms with Gasteiger partial charge in [-0.3, -0.25) is 0 Å². The Labute approximate surface area is 114 Å². The van der Waals surface area contributed by atoms with E-state index in [9.17, 15) is 0 Å². The molecule has 2 rings (SSSR count). The molecule has 2 heterocycles. The van der Waals surface area contributed by atoms with Crippen LogP contribution in [0.1, 0.15) is 46.5 Å². The van der Waals surface area contributed by atoms with E-state index >= 15 is 0 Å². The second-order valence-electron chi connectivity index (χ2n) is 6.35. The Bertz CT molecular complexity index is 247. The molecule has 0 radical (unpaired) electrons. The lowest BCUT2D eigenvalue weighted by Gasteiger charge is -2.34. The van der Waals surface area contributed by atoms with Crippen molar-refractivity contribution in [1.29, 1.82) is 0 Å². The highest BCUT2D eigenvalue weighted by Crippen LogP contribution is 2.31. The van der Waals surface area contributed by atoms with E-state index in [-0.39, 0.29) is 5.60 Å². The Morgan fingerprint density at radius 1 is 1.29 bits per heavy atom. The van der Waals surface area contributed by atoms with E-state index in [0.717, 1.165) is 12.5 Å². The lowest BCUT2D eigenvalue weighted by Crippen LogP contribution is -2.40. The van der Waals surface area contributed by atoms with Gasteiger partial charge in [-0.2, -0.15) is 0 Å². The summed E-state index contributed by atoms with van der Waals surface area (Å²) in [6.07, 6.45) is 5.60. The summed E-state index contributed by atoms with van der Waals surface area (Å²) in [4.78, 5) is 3.27. The third kappa shape index (κ3) is 3.93. The van der Waals surface area contributed by atoms with Crippen LogP contribution in [0.2, 0.25) is 0 Å². The summed E-state index contributed by atoms with van der Waals surface area (Å²) < 4.78 is 6.07. The van der Waals surface area contributed by atoms with Gasteiger partial charge in [0, 0.05) is 11.4 Å². The van der Waals surface area contributed by atoms with E-state index in [1.165, 1.54) is 38.8 Å². The van der Waals surface area contributed by atoms with Crippen molar-refractivity contribution in [2.45, 2.75) is 63.0 Å². The van der Waals surface area contributed by atoms with Crippen LogP contribution in [-0.2, 0) is 4.74 Å². The summed E-state index contributed by atoms with van der Waals surface area (Å²) in [5, 5.41) is 0. The maximum atomic E-state index is 6.07. The van der Waals surface area contributed by atoms with Crippen molar-refractivity contribution in [3.63, 3.8) is 0 Å².